The van der Waals surface area contributed by atoms with E-state index in [0.717, 1.165) is 4.90 Å². The first-order valence-electron chi connectivity index (χ1n) is 7.42. The van der Waals surface area contributed by atoms with E-state index in [0.29, 0.717) is 22.6 Å². The van der Waals surface area contributed by atoms with Gasteiger partial charge in [0, 0.05) is 23.3 Å². The van der Waals surface area contributed by atoms with Crippen LogP contribution in [0.3, 0.4) is 0 Å². The number of hydrogen-bond acceptors (Lipinski definition) is 4. The molecule has 0 atom stereocenters. The molecule has 0 aliphatic heterocycles. The van der Waals surface area contributed by atoms with Gasteiger partial charge in [-0.3, -0.25) is 9.59 Å². The van der Waals surface area contributed by atoms with Crippen LogP contribution in [0.2, 0.25) is 0 Å². The summed E-state index contributed by atoms with van der Waals surface area (Å²) in [4.78, 5) is 34.1. The highest BCUT2D eigenvalue weighted by Gasteiger charge is 2.12. The van der Waals surface area contributed by atoms with Crippen molar-refractivity contribution < 1.29 is 24.6 Å². The minimum absolute atomic E-state index is 0.0290. The first-order chi connectivity index (χ1) is 11.8. The van der Waals surface area contributed by atoms with Gasteiger partial charge in [-0.1, -0.05) is 18.2 Å². The molecule has 0 aliphatic rings. The molecule has 0 aliphatic carbocycles. The molecule has 3 N–H and O–H groups in total. The number of carboxylic acid groups (broad SMARTS) is 2. The van der Waals surface area contributed by atoms with Gasteiger partial charge in [-0.05, 0) is 35.4 Å². The first kappa shape index (κ1) is 18.5. The molecular weight excluding hydrogens is 342 g/mol. The van der Waals surface area contributed by atoms with Crippen molar-refractivity contribution in [3.05, 3.63) is 59.2 Å². The van der Waals surface area contributed by atoms with Crippen molar-refractivity contribution in [2.24, 2.45) is 0 Å². The molecule has 0 saturated heterocycles. The number of nitrogens with one attached hydrogen (secondary N) is 1. The van der Waals surface area contributed by atoms with E-state index in [1.54, 1.807) is 24.3 Å². The molecule has 0 aromatic heterocycles. The smallest absolute Gasteiger partial charge is 0.336 e. The second kappa shape index (κ2) is 8.34. The maximum Gasteiger partial charge on any atom is 0.336 e. The fourth-order valence-electron chi connectivity index (χ4n) is 2.22. The summed E-state index contributed by atoms with van der Waals surface area (Å²) in [5, 5.41) is 20.7. The Bertz CT molecular complexity index is 802. The van der Waals surface area contributed by atoms with Crippen molar-refractivity contribution in [1.82, 2.24) is 0 Å². The van der Waals surface area contributed by atoms with Gasteiger partial charge in [-0.15, -0.1) is 11.8 Å². The number of anilines is 1. The molecule has 7 heteroatoms. The predicted octanol–water partition coefficient (Wildman–Crippen LogP) is 3.26. The van der Waals surface area contributed by atoms with Crippen molar-refractivity contribution >= 4 is 35.3 Å². The summed E-state index contributed by atoms with van der Waals surface area (Å²) < 4.78 is 0. The van der Waals surface area contributed by atoms with Crippen molar-refractivity contribution in [1.29, 1.82) is 0 Å². The molecule has 0 bridgehead atoms. The zero-order chi connectivity index (χ0) is 18.4. The Morgan fingerprint density at radius 1 is 1.04 bits per heavy atom. The number of carboxylic acids is 2. The lowest BCUT2D eigenvalue weighted by molar-refractivity contribution is -0.136. The van der Waals surface area contributed by atoms with Crippen LogP contribution in [0.4, 0.5) is 5.69 Å². The molecule has 1 amide bonds. The molecule has 2 aromatic rings. The van der Waals surface area contributed by atoms with E-state index >= 15 is 0 Å². The molecule has 6 nitrogen and oxygen atoms in total. The molecule has 25 heavy (non-hydrogen) atoms. The van der Waals surface area contributed by atoms with Crippen LogP contribution in [0.1, 0.15) is 28.4 Å². The van der Waals surface area contributed by atoms with E-state index in [9.17, 15) is 19.5 Å². The Labute approximate surface area is 148 Å². The summed E-state index contributed by atoms with van der Waals surface area (Å²) in [6.45, 7) is 1.36. The lowest BCUT2D eigenvalue weighted by atomic mass is 10.1. The maximum absolute atomic E-state index is 11.4. The van der Waals surface area contributed by atoms with Crippen LogP contribution in [0, 0.1) is 0 Å². The highest BCUT2D eigenvalue weighted by molar-refractivity contribution is 7.98. The van der Waals surface area contributed by atoms with Crippen LogP contribution in [0.15, 0.2) is 47.4 Å². The van der Waals surface area contributed by atoms with E-state index in [1.807, 2.05) is 12.1 Å². The van der Waals surface area contributed by atoms with Crippen LogP contribution in [0.25, 0.3) is 0 Å². The number of aromatic carboxylic acids is 1. The SMILES string of the molecule is CC(=O)Nc1ccc(CSc2ccc(CC(=O)O)cc2)c(C(=O)O)c1. The Hall–Kier alpha value is -2.80. The predicted molar refractivity (Wildman–Crippen MR) is 95.0 cm³/mol. The number of rotatable bonds is 7. The summed E-state index contributed by atoms with van der Waals surface area (Å²) in [5.74, 6) is -1.76. The molecule has 0 saturated carbocycles. The van der Waals surface area contributed by atoms with E-state index in [-0.39, 0.29) is 17.9 Å². The fourth-order valence-corrected chi connectivity index (χ4v) is 3.12. The molecule has 2 aromatic carbocycles. The average molecular weight is 359 g/mol. The van der Waals surface area contributed by atoms with Crippen LogP contribution in [-0.4, -0.2) is 28.1 Å². The number of amides is 1. The van der Waals surface area contributed by atoms with Gasteiger partial charge in [0.25, 0.3) is 0 Å². The van der Waals surface area contributed by atoms with Crippen molar-refractivity contribution in [2.75, 3.05) is 5.32 Å². The molecule has 130 valence electrons. The summed E-state index contributed by atoms with van der Waals surface area (Å²) in [6.07, 6.45) is -0.0290. The first-order valence-corrected chi connectivity index (χ1v) is 8.41. The van der Waals surface area contributed by atoms with Crippen molar-refractivity contribution in [3.63, 3.8) is 0 Å². The van der Waals surface area contributed by atoms with Crippen LogP contribution in [-0.2, 0) is 21.8 Å². The molecule has 0 unspecified atom stereocenters. The van der Waals surface area contributed by atoms with Gasteiger partial charge in [0.1, 0.15) is 0 Å². The normalized spacial score (nSPS) is 10.3. The molecule has 0 heterocycles. The highest BCUT2D eigenvalue weighted by atomic mass is 32.2. The number of thioether (sulfide) groups is 1. The number of carbonyl (C=O) groups is 3. The Morgan fingerprint density at radius 3 is 2.28 bits per heavy atom. The van der Waals surface area contributed by atoms with Crippen LogP contribution < -0.4 is 5.32 Å². The highest BCUT2D eigenvalue weighted by Crippen LogP contribution is 2.26. The lowest BCUT2D eigenvalue weighted by Gasteiger charge is -2.09. The summed E-state index contributed by atoms with van der Waals surface area (Å²) in [7, 11) is 0. The van der Waals surface area contributed by atoms with Crippen LogP contribution in [0.5, 0.6) is 0 Å². The third-order valence-corrected chi connectivity index (χ3v) is 4.39. The Kier molecular flexibility index (Phi) is 6.19. The van der Waals surface area contributed by atoms with Gasteiger partial charge in [0.2, 0.25) is 5.91 Å². The van der Waals surface area contributed by atoms with Crippen molar-refractivity contribution in [2.45, 2.75) is 24.0 Å². The van der Waals surface area contributed by atoms with E-state index in [2.05, 4.69) is 5.32 Å². The molecule has 0 fully saturated rings. The zero-order valence-corrected chi connectivity index (χ0v) is 14.3. The quantitative estimate of drug-likeness (QED) is 0.656. The van der Waals surface area contributed by atoms with Crippen molar-refractivity contribution in [3.8, 4) is 0 Å². The van der Waals surface area contributed by atoms with Gasteiger partial charge >= 0.3 is 11.9 Å². The average Bonchev–Trinajstić information content (AvgIpc) is 2.53. The second-order valence-electron chi connectivity index (χ2n) is 5.36. The number of hydrogen-bond donors (Lipinski definition) is 3. The van der Waals surface area contributed by atoms with E-state index in [1.165, 1.54) is 24.8 Å². The summed E-state index contributed by atoms with van der Waals surface area (Å²) >= 11 is 1.45. The molecular formula is C18H17NO5S. The monoisotopic (exact) mass is 359 g/mol. The Balaban J connectivity index is 2.10. The topological polar surface area (TPSA) is 104 Å². The summed E-state index contributed by atoms with van der Waals surface area (Å²) in [6, 6.07) is 11.9. The largest absolute Gasteiger partial charge is 0.481 e. The van der Waals surface area contributed by atoms with Crippen LogP contribution >= 0.6 is 11.8 Å². The lowest BCUT2D eigenvalue weighted by Crippen LogP contribution is -2.08. The Morgan fingerprint density at radius 2 is 1.72 bits per heavy atom. The standard InChI is InChI=1S/C18H17NO5S/c1-11(20)19-14-5-4-13(16(9-14)18(23)24)10-25-15-6-2-12(3-7-15)8-17(21)22/h2-7,9H,8,10H2,1H3,(H,19,20)(H,21,22)(H,23,24). The number of aliphatic carboxylic acids is 1. The third-order valence-electron chi connectivity index (χ3n) is 3.33. The van der Waals surface area contributed by atoms with Gasteiger partial charge in [0.15, 0.2) is 0 Å². The van der Waals surface area contributed by atoms with E-state index in [4.69, 9.17) is 5.11 Å². The minimum Gasteiger partial charge on any atom is -0.481 e. The van der Waals surface area contributed by atoms with Gasteiger partial charge < -0.3 is 15.5 Å². The fraction of sp³-hybridized carbons (Fsp3) is 0.167. The summed E-state index contributed by atoms with van der Waals surface area (Å²) in [5.41, 5.74) is 1.93. The third kappa shape index (κ3) is 5.65. The number of carbonyl (C=O) groups excluding carboxylic acids is 1. The van der Waals surface area contributed by atoms with Gasteiger partial charge in [-0.25, -0.2) is 4.79 Å². The zero-order valence-electron chi connectivity index (χ0n) is 13.5. The molecule has 0 spiro atoms. The van der Waals surface area contributed by atoms with E-state index < -0.39 is 11.9 Å². The number of benzene rings is 2. The maximum atomic E-state index is 11.4. The van der Waals surface area contributed by atoms with Gasteiger partial charge in [-0.2, -0.15) is 0 Å². The molecule has 0 radical (unpaired) electrons. The molecule has 2 rings (SSSR count). The second-order valence-corrected chi connectivity index (χ2v) is 6.41. The minimum atomic E-state index is -1.06. The van der Waals surface area contributed by atoms with Gasteiger partial charge in [0.05, 0.1) is 12.0 Å².